The number of rotatable bonds is 4. The van der Waals surface area contributed by atoms with Crippen molar-refractivity contribution in [1.82, 2.24) is 0 Å². The lowest BCUT2D eigenvalue weighted by atomic mass is 10.2. The Morgan fingerprint density at radius 1 is 1.56 bits per heavy atom. The van der Waals surface area contributed by atoms with Gasteiger partial charge in [0.25, 0.3) is 0 Å². The van der Waals surface area contributed by atoms with Crippen LogP contribution in [-0.2, 0) is 4.79 Å². The molecule has 1 aromatic carbocycles. The third-order valence-electron chi connectivity index (χ3n) is 2.44. The second-order valence-electron chi connectivity index (χ2n) is 3.79. The summed E-state index contributed by atoms with van der Waals surface area (Å²) < 4.78 is 18.6. The molecule has 1 aliphatic carbocycles. The molecule has 1 saturated carbocycles. The van der Waals surface area contributed by atoms with Crippen LogP contribution in [-0.4, -0.2) is 17.2 Å². The third kappa shape index (κ3) is 2.52. The van der Waals surface area contributed by atoms with Crippen molar-refractivity contribution in [3.05, 3.63) is 28.5 Å². The Kier molecular flexibility index (Phi) is 3.14. The molecule has 0 spiro atoms. The van der Waals surface area contributed by atoms with Crippen LogP contribution >= 0.6 is 15.9 Å². The summed E-state index contributed by atoms with van der Waals surface area (Å²) >= 11 is 3.14. The molecule has 1 aliphatic rings. The largest absolute Gasteiger partial charge is 0.478 e. The van der Waals surface area contributed by atoms with Crippen molar-refractivity contribution in [2.75, 3.05) is 0 Å². The van der Waals surface area contributed by atoms with Gasteiger partial charge in [-0.1, -0.05) is 0 Å². The molecule has 0 radical (unpaired) electrons. The first-order valence-electron chi connectivity index (χ1n) is 4.92. The van der Waals surface area contributed by atoms with E-state index in [0.717, 1.165) is 12.8 Å². The van der Waals surface area contributed by atoms with Crippen LogP contribution < -0.4 is 4.74 Å². The lowest BCUT2D eigenvalue weighted by Gasteiger charge is -2.15. The fourth-order valence-corrected chi connectivity index (χ4v) is 1.90. The van der Waals surface area contributed by atoms with Gasteiger partial charge in [0.1, 0.15) is 11.6 Å². The van der Waals surface area contributed by atoms with E-state index in [1.54, 1.807) is 0 Å². The molecule has 1 fully saturated rings. The van der Waals surface area contributed by atoms with E-state index in [2.05, 4.69) is 15.9 Å². The smallest absolute Gasteiger partial charge is 0.345 e. The van der Waals surface area contributed by atoms with E-state index in [1.807, 2.05) is 0 Å². The Balaban J connectivity index is 2.15. The van der Waals surface area contributed by atoms with Gasteiger partial charge in [-0.3, -0.25) is 0 Å². The van der Waals surface area contributed by atoms with Crippen LogP contribution in [0.2, 0.25) is 0 Å². The van der Waals surface area contributed by atoms with Crippen molar-refractivity contribution in [2.45, 2.75) is 18.9 Å². The molecule has 0 heterocycles. The van der Waals surface area contributed by atoms with Crippen molar-refractivity contribution in [2.24, 2.45) is 5.92 Å². The van der Waals surface area contributed by atoms with E-state index in [-0.39, 0.29) is 5.92 Å². The lowest BCUT2D eigenvalue weighted by molar-refractivity contribution is -0.146. The van der Waals surface area contributed by atoms with Crippen LogP contribution in [0.5, 0.6) is 5.75 Å². The van der Waals surface area contributed by atoms with Gasteiger partial charge in [0.05, 0.1) is 4.47 Å². The van der Waals surface area contributed by atoms with Crippen LogP contribution in [0.15, 0.2) is 22.7 Å². The highest BCUT2D eigenvalue weighted by Crippen LogP contribution is 2.36. The zero-order valence-corrected chi connectivity index (χ0v) is 9.91. The van der Waals surface area contributed by atoms with Gasteiger partial charge in [-0.25, -0.2) is 9.18 Å². The normalized spacial score (nSPS) is 16.9. The number of carboxylic acids is 1. The second kappa shape index (κ2) is 4.41. The Labute approximate surface area is 100 Å². The van der Waals surface area contributed by atoms with E-state index in [1.165, 1.54) is 18.2 Å². The quantitative estimate of drug-likeness (QED) is 0.927. The highest BCUT2D eigenvalue weighted by molar-refractivity contribution is 9.10. The molecule has 0 aromatic heterocycles. The van der Waals surface area contributed by atoms with Crippen molar-refractivity contribution < 1.29 is 19.0 Å². The van der Waals surface area contributed by atoms with Gasteiger partial charge in [0.15, 0.2) is 6.10 Å². The van der Waals surface area contributed by atoms with Crippen molar-refractivity contribution in [1.29, 1.82) is 0 Å². The van der Waals surface area contributed by atoms with Crippen LogP contribution in [0.4, 0.5) is 4.39 Å². The first-order chi connectivity index (χ1) is 7.58. The van der Waals surface area contributed by atoms with Gasteiger partial charge in [0, 0.05) is 5.92 Å². The maximum atomic E-state index is 12.8. The molecule has 2 rings (SSSR count). The Morgan fingerprint density at radius 3 is 2.75 bits per heavy atom. The Bertz CT molecular complexity index is 418. The van der Waals surface area contributed by atoms with E-state index in [0.29, 0.717) is 10.2 Å². The van der Waals surface area contributed by atoms with Crippen molar-refractivity contribution >= 4 is 21.9 Å². The Morgan fingerprint density at radius 2 is 2.25 bits per heavy atom. The highest BCUT2D eigenvalue weighted by atomic mass is 79.9. The van der Waals surface area contributed by atoms with E-state index in [4.69, 9.17) is 9.84 Å². The van der Waals surface area contributed by atoms with Gasteiger partial charge >= 0.3 is 5.97 Å². The fourth-order valence-electron chi connectivity index (χ4n) is 1.45. The molecule has 1 N–H and O–H groups in total. The average molecular weight is 289 g/mol. The molecule has 0 bridgehead atoms. The van der Waals surface area contributed by atoms with Crippen molar-refractivity contribution in [3.8, 4) is 5.75 Å². The minimum Gasteiger partial charge on any atom is -0.478 e. The molecule has 1 unspecified atom stereocenters. The van der Waals surface area contributed by atoms with Crippen molar-refractivity contribution in [3.63, 3.8) is 0 Å². The molecule has 5 heteroatoms. The SMILES string of the molecule is O=C(O)C(Oc1ccc(F)cc1Br)C1CC1. The lowest BCUT2D eigenvalue weighted by Crippen LogP contribution is -2.29. The number of benzene rings is 1. The molecule has 3 nitrogen and oxygen atoms in total. The Hall–Kier alpha value is -1.10. The number of carbonyl (C=O) groups is 1. The topological polar surface area (TPSA) is 46.5 Å². The van der Waals surface area contributed by atoms with Crippen LogP contribution in [0.25, 0.3) is 0 Å². The average Bonchev–Trinajstić information content (AvgIpc) is 2.99. The van der Waals surface area contributed by atoms with Gasteiger partial charge in [-0.15, -0.1) is 0 Å². The molecular weight excluding hydrogens is 279 g/mol. The predicted molar refractivity (Wildman–Crippen MR) is 58.9 cm³/mol. The molecule has 1 atom stereocenters. The second-order valence-corrected chi connectivity index (χ2v) is 4.64. The summed E-state index contributed by atoms with van der Waals surface area (Å²) in [4.78, 5) is 10.9. The summed E-state index contributed by atoms with van der Waals surface area (Å²) in [6.07, 6.45) is 0.910. The third-order valence-corrected chi connectivity index (χ3v) is 3.06. The molecular formula is C11H10BrFO3. The summed E-state index contributed by atoms with van der Waals surface area (Å²) in [5.74, 6) is -0.925. The molecule has 0 saturated heterocycles. The fraction of sp³-hybridized carbons (Fsp3) is 0.364. The van der Waals surface area contributed by atoms with Gasteiger partial charge in [-0.2, -0.15) is 0 Å². The van der Waals surface area contributed by atoms with Crippen LogP contribution in [0, 0.1) is 11.7 Å². The van der Waals surface area contributed by atoms with Crippen LogP contribution in [0.1, 0.15) is 12.8 Å². The molecule has 0 aliphatic heterocycles. The zero-order valence-electron chi connectivity index (χ0n) is 8.32. The number of halogens is 2. The molecule has 1 aromatic rings. The molecule has 86 valence electrons. The van der Waals surface area contributed by atoms with Gasteiger partial charge in [0.2, 0.25) is 0 Å². The van der Waals surface area contributed by atoms with Gasteiger partial charge in [-0.05, 0) is 47.0 Å². The zero-order chi connectivity index (χ0) is 11.7. The predicted octanol–water partition coefficient (Wildman–Crippen LogP) is 2.83. The highest BCUT2D eigenvalue weighted by Gasteiger charge is 2.38. The number of ether oxygens (including phenoxy) is 1. The first-order valence-corrected chi connectivity index (χ1v) is 5.72. The summed E-state index contributed by atoms with van der Waals surface area (Å²) in [7, 11) is 0. The summed E-state index contributed by atoms with van der Waals surface area (Å²) in [6, 6.07) is 3.92. The monoisotopic (exact) mass is 288 g/mol. The summed E-state index contributed by atoms with van der Waals surface area (Å²) in [6.45, 7) is 0. The number of hydrogen-bond donors (Lipinski definition) is 1. The van der Waals surface area contributed by atoms with Crippen LogP contribution in [0.3, 0.4) is 0 Å². The minimum absolute atomic E-state index is 0.0782. The molecule has 16 heavy (non-hydrogen) atoms. The summed E-state index contributed by atoms with van der Waals surface area (Å²) in [5, 5.41) is 8.98. The molecule has 0 amide bonds. The maximum absolute atomic E-state index is 12.8. The maximum Gasteiger partial charge on any atom is 0.345 e. The number of aliphatic carboxylic acids is 1. The standard InChI is InChI=1S/C11H10BrFO3/c12-8-5-7(13)3-4-9(8)16-10(11(14)15)6-1-2-6/h3-6,10H,1-2H2,(H,14,15). The van der Waals surface area contributed by atoms with E-state index < -0.39 is 17.9 Å². The minimum atomic E-state index is -0.973. The van der Waals surface area contributed by atoms with Gasteiger partial charge < -0.3 is 9.84 Å². The van der Waals surface area contributed by atoms with E-state index in [9.17, 15) is 9.18 Å². The first kappa shape index (κ1) is 11.4. The summed E-state index contributed by atoms with van der Waals surface area (Å²) in [5.41, 5.74) is 0. The van der Waals surface area contributed by atoms with E-state index >= 15 is 0 Å². The number of carboxylic acid groups (broad SMARTS) is 1. The number of hydrogen-bond acceptors (Lipinski definition) is 2.